The minimum absolute atomic E-state index is 0.530. The lowest BCUT2D eigenvalue weighted by molar-refractivity contribution is 0.431. The van der Waals surface area contributed by atoms with Crippen molar-refractivity contribution in [2.24, 2.45) is 16.0 Å². The quantitative estimate of drug-likeness (QED) is 0.512. The Morgan fingerprint density at radius 2 is 2.33 bits per heavy atom. The standard InChI is InChI=1S/C16H24N4S/c1-4-9-17-16(20-12-14(5-2)11-18-20)19-21-15-8-6-7-13(3)10-15/h6-8,10-11,14H,4-5,9,12H2,1-3H3,(H,17,19). The second kappa shape index (κ2) is 8.08. The maximum absolute atomic E-state index is 4.63. The lowest BCUT2D eigenvalue weighted by atomic mass is 10.1. The molecule has 5 heteroatoms. The van der Waals surface area contributed by atoms with Crippen molar-refractivity contribution >= 4 is 24.1 Å². The van der Waals surface area contributed by atoms with E-state index in [0.29, 0.717) is 5.92 Å². The van der Waals surface area contributed by atoms with E-state index in [-0.39, 0.29) is 0 Å². The highest BCUT2D eigenvalue weighted by molar-refractivity contribution is 7.98. The molecule has 21 heavy (non-hydrogen) atoms. The van der Waals surface area contributed by atoms with E-state index in [4.69, 9.17) is 0 Å². The molecular weight excluding hydrogens is 280 g/mol. The van der Waals surface area contributed by atoms with Crippen LogP contribution in [0.3, 0.4) is 0 Å². The Labute approximate surface area is 131 Å². The van der Waals surface area contributed by atoms with Gasteiger partial charge in [0.2, 0.25) is 5.96 Å². The predicted molar refractivity (Wildman–Crippen MR) is 91.7 cm³/mol. The van der Waals surface area contributed by atoms with Crippen LogP contribution in [0.15, 0.2) is 39.3 Å². The number of rotatable bonds is 5. The molecule has 0 fully saturated rings. The number of hydrogen-bond acceptors (Lipinski definition) is 3. The molecule has 0 saturated carbocycles. The van der Waals surface area contributed by atoms with Crippen molar-refractivity contribution in [3.63, 3.8) is 0 Å². The molecule has 0 bridgehead atoms. The summed E-state index contributed by atoms with van der Waals surface area (Å²) in [5.74, 6) is 1.39. The van der Waals surface area contributed by atoms with Crippen LogP contribution in [0.1, 0.15) is 32.3 Å². The summed E-state index contributed by atoms with van der Waals surface area (Å²) in [7, 11) is 0. The molecule has 1 atom stereocenters. The van der Waals surface area contributed by atoms with E-state index < -0.39 is 0 Å². The van der Waals surface area contributed by atoms with E-state index in [1.54, 1.807) is 11.9 Å². The minimum Gasteiger partial charge on any atom is -0.295 e. The molecule has 0 saturated heterocycles. The van der Waals surface area contributed by atoms with Gasteiger partial charge >= 0.3 is 0 Å². The fourth-order valence-electron chi connectivity index (χ4n) is 2.03. The molecule has 1 aliphatic heterocycles. The van der Waals surface area contributed by atoms with Gasteiger partial charge in [-0.15, -0.1) is 0 Å². The first-order valence-electron chi connectivity index (χ1n) is 7.58. The van der Waals surface area contributed by atoms with Gasteiger partial charge in [-0.2, -0.15) is 5.10 Å². The van der Waals surface area contributed by atoms with Gasteiger partial charge in [0.25, 0.3) is 0 Å². The fourth-order valence-corrected chi connectivity index (χ4v) is 2.81. The molecule has 1 N–H and O–H groups in total. The third-order valence-electron chi connectivity index (χ3n) is 3.33. The molecule has 114 valence electrons. The van der Waals surface area contributed by atoms with E-state index in [0.717, 1.165) is 31.9 Å². The number of aliphatic imine (C=N–C) groups is 1. The smallest absolute Gasteiger partial charge is 0.225 e. The monoisotopic (exact) mass is 304 g/mol. The zero-order chi connectivity index (χ0) is 15.1. The molecule has 0 amide bonds. The molecule has 2 rings (SSSR count). The third-order valence-corrected chi connectivity index (χ3v) is 4.10. The van der Waals surface area contributed by atoms with Crippen LogP contribution >= 0.6 is 11.9 Å². The van der Waals surface area contributed by atoms with Crippen LogP contribution in [0.2, 0.25) is 0 Å². The predicted octanol–water partition coefficient (Wildman–Crippen LogP) is 3.69. The van der Waals surface area contributed by atoms with E-state index in [2.05, 4.69) is 59.9 Å². The van der Waals surface area contributed by atoms with Gasteiger partial charge in [0.05, 0.1) is 6.54 Å². The average Bonchev–Trinajstić information content (AvgIpc) is 2.96. The number of nitrogens with zero attached hydrogens (tertiary/aromatic N) is 3. The van der Waals surface area contributed by atoms with Crippen LogP contribution in [-0.4, -0.2) is 30.3 Å². The van der Waals surface area contributed by atoms with Gasteiger partial charge in [0.15, 0.2) is 0 Å². The summed E-state index contributed by atoms with van der Waals surface area (Å²) in [4.78, 5) is 5.82. The van der Waals surface area contributed by atoms with E-state index >= 15 is 0 Å². The Balaban J connectivity index is 1.99. The SMILES string of the molecule is CCCN=C(NSc1cccc(C)c1)N1CC(CC)C=N1. The lowest BCUT2D eigenvalue weighted by Gasteiger charge is -2.18. The molecule has 0 aromatic heterocycles. The van der Waals surface area contributed by atoms with Gasteiger partial charge in [-0.05, 0) is 49.4 Å². The molecule has 0 spiro atoms. The van der Waals surface area contributed by atoms with Gasteiger partial charge in [-0.1, -0.05) is 26.0 Å². The topological polar surface area (TPSA) is 40.0 Å². The van der Waals surface area contributed by atoms with Crippen molar-refractivity contribution in [1.29, 1.82) is 0 Å². The average molecular weight is 304 g/mol. The molecule has 1 aromatic carbocycles. The van der Waals surface area contributed by atoms with E-state index in [1.807, 2.05) is 11.2 Å². The van der Waals surface area contributed by atoms with E-state index in [1.165, 1.54) is 10.5 Å². The van der Waals surface area contributed by atoms with E-state index in [9.17, 15) is 0 Å². The second-order valence-electron chi connectivity index (χ2n) is 5.24. The largest absolute Gasteiger partial charge is 0.295 e. The maximum atomic E-state index is 4.63. The Morgan fingerprint density at radius 1 is 1.48 bits per heavy atom. The third kappa shape index (κ3) is 4.77. The molecule has 4 nitrogen and oxygen atoms in total. The molecule has 1 unspecified atom stereocenters. The highest BCUT2D eigenvalue weighted by atomic mass is 32.2. The number of aryl methyl sites for hydroxylation is 1. The zero-order valence-electron chi connectivity index (χ0n) is 13.0. The van der Waals surface area contributed by atoms with Crippen LogP contribution in [0, 0.1) is 12.8 Å². The summed E-state index contributed by atoms with van der Waals surface area (Å²) >= 11 is 1.59. The van der Waals surface area contributed by atoms with Gasteiger partial charge < -0.3 is 0 Å². The van der Waals surface area contributed by atoms with Gasteiger partial charge in [0, 0.05) is 23.6 Å². The first-order chi connectivity index (χ1) is 10.2. The van der Waals surface area contributed by atoms with Gasteiger partial charge in [-0.3, -0.25) is 9.71 Å². The summed E-state index contributed by atoms with van der Waals surface area (Å²) < 4.78 is 3.36. The number of nitrogens with one attached hydrogen (secondary N) is 1. The Morgan fingerprint density at radius 3 is 3.00 bits per heavy atom. The first-order valence-corrected chi connectivity index (χ1v) is 8.40. The second-order valence-corrected chi connectivity index (χ2v) is 6.12. The highest BCUT2D eigenvalue weighted by Crippen LogP contribution is 2.18. The van der Waals surface area contributed by atoms with Crippen molar-refractivity contribution in [3.05, 3.63) is 29.8 Å². The molecule has 0 radical (unpaired) electrons. The van der Waals surface area contributed by atoms with Gasteiger partial charge in [0.1, 0.15) is 0 Å². The van der Waals surface area contributed by atoms with Crippen molar-refractivity contribution in [1.82, 2.24) is 9.73 Å². The molecule has 1 heterocycles. The molecule has 1 aliphatic rings. The maximum Gasteiger partial charge on any atom is 0.225 e. The Bertz CT molecular complexity index is 513. The number of hydrogen-bond donors (Lipinski definition) is 1. The minimum atomic E-state index is 0.530. The number of hydrazone groups is 1. The number of benzene rings is 1. The normalized spacial score (nSPS) is 18.3. The molecular formula is C16H24N4S. The van der Waals surface area contributed by atoms with Crippen LogP contribution in [-0.2, 0) is 0 Å². The van der Waals surface area contributed by atoms with Crippen molar-refractivity contribution in [2.45, 2.75) is 38.5 Å². The van der Waals surface area contributed by atoms with Crippen LogP contribution < -0.4 is 4.72 Å². The zero-order valence-corrected chi connectivity index (χ0v) is 13.9. The van der Waals surface area contributed by atoms with Crippen molar-refractivity contribution < 1.29 is 0 Å². The van der Waals surface area contributed by atoms with Crippen LogP contribution in [0.25, 0.3) is 0 Å². The van der Waals surface area contributed by atoms with Crippen molar-refractivity contribution in [2.75, 3.05) is 13.1 Å². The summed E-state index contributed by atoms with van der Waals surface area (Å²) in [6.07, 6.45) is 4.18. The van der Waals surface area contributed by atoms with Crippen LogP contribution in [0.4, 0.5) is 0 Å². The van der Waals surface area contributed by atoms with Crippen LogP contribution in [0.5, 0.6) is 0 Å². The fraction of sp³-hybridized carbons (Fsp3) is 0.500. The van der Waals surface area contributed by atoms with Crippen molar-refractivity contribution in [3.8, 4) is 0 Å². The molecule has 1 aromatic rings. The Hall–Kier alpha value is -1.49. The number of guanidine groups is 1. The summed E-state index contributed by atoms with van der Waals surface area (Å²) in [5, 5.41) is 6.45. The summed E-state index contributed by atoms with van der Waals surface area (Å²) in [6.45, 7) is 8.17. The highest BCUT2D eigenvalue weighted by Gasteiger charge is 2.20. The Kier molecular flexibility index (Phi) is 6.11. The lowest BCUT2D eigenvalue weighted by Crippen LogP contribution is -2.34. The van der Waals surface area contributed by atoms with Gasteiger partial charge in [-0.25, -0.2) is 5.01 Å². The summed E-state index contributed by atoms with van der Waals surface area (Å²) in [5.41, 5.74) is 1.26. The first kappa shape index (κ1) is 15.9. The molecule has 0 aliphatic carbocycles. The summed E-state index contributed by atoms with van der Waals surface area (Å²) in [6, 6.07) is 8.44.